The zero-order chi connectivity index (χ0) is 20.1. The van der Waals surface area contributed by atoms with Crippen molar-refractivity contribution in [3.05, 3.63) is 53.1 Å². The molecule has 146 valence electrons. The molecule has 0 bridgehead atoms. The summed E-state index contributed by atoms with van der Waals surface area (Å²) in [5.41, 5.74) is 3.07. The fraction of sp³-hybridized carbons (Fsp3) is 0.316. The maximum absolute atomic E-state index is 12.2. The molecule has 0 radical (unpaired) electrons. The molecule has 2 heterocycles. The number of nitrogens with one attached hydrogen (secondary N) is 1. The van der Waals surface area contributed by atoms with E-state index in [-0.39, 0.29) is 18.9 Å². The summed E-state index contributed by atoms with van der Waals surface area (Å²) in [6.45, 7) is 3.63. The summed E-state index contributed by atoms with van der Waals surface area (Å²) in [5, 5.41) is 6.79. The maximum atomic E-state index is 12.2. The number of aryl methyl sites for hydroxylation is 2. The Balaban J connectivity index is 1.50. The standard InChI is InChI=1S/C19H21N5O4/c1-12-16(13(2)24-19(23-12)21-11-22-24)8-18(26)28-10-17(25)20-9-14-4-6-15(27-3)7-5-14/h4-7,11H,8-10H2,1-3H3,(H,20,25). The largest absolute Gasteiger partial charge is 0.497 e. The van der Waals surface area contributed by atoms with Gasteiger partial charge in [0.15, 0.2) is 6.61 Å². The molecule has 1 amide bonds. The predicted octanol–water partition coefficient (Wildman–Crippen LogP) is 1.15. The van der Waals surface area contributed by atoms with Crippen LogP contribution < -0.4 is 10.1 Å². The summed E-state index contributed by atoms with van der Waals surface area (Å²) >= 11 is 0. The van der Waals surface area contributed by atoms with Crippen molar-refractivity contribution in [2.45, 2.75) is 26.8 Å². The molecule has 0 fully saturated rings. The smallest absolute Gasteiger partial charge is 0.310 e. The van der Waals surface area contributed by atoms with E-state index in [1.165, 1.54) is 6.33 Å². The van der Waals surface area contributed by atoms with Gasteiger partial charge in [0, 0.05) is 23.5 Å². The van der Waals surface area contributed by atoms with E-state index in [2.05, 4.69) is 20.4 Å². The van der Waals surface area contributed by atoms with Crippen molar-refractivity contribution >= 4 is 17.7 Å². The van der Waals surface area contributed by atoms with E-state index in [4.69, 9.17) is 9.47 Å². The number of aromatic nitrogens is 4. The molecule has 0 aliphatic heterocycles. The number of ether oxygens (including phenoxy) is 2. The highest BCUT2D eigenvalue weighted by Crippen LogP contribution is 2.14. The normalized spacial score (nSPS) is 10.7. The molecular formula is C19H21N5O4. The topological polar surface area (TPSA) is 108 Å². The number of hydrogen-bond donors (Lipinski definition) is 1. The molecule has 0 saturated carbocycles. The maximum Gasteiger partial charge on any atom is 0.310 e. The first kappa shape index (κ1) is 19.3. The van der Waals surface area contributed by atoms with Gasteiger partial charge in [-0.1, -0.05) is 12.1 Å². The molecule has 9 heteroatoms. The Morgan fingerprint density at radius 1 is 1.18 bits per heavy atom. The molecule has 0 saturated heterocycles. The second-order valence-corrected chi connectivity index (χ2v) is 6.20. The van der Waals surface area contributed by atoms with Crippen molar-refractivity contribution < 1.29 is 19.1 Å². The Morgan fingerprint density at radius 2 is 1.93 bits per heavy atom. The van der Waals surface area contributed by atoms with Crippen molar-refractivity contribution in [1.29, 1.82) is 0 Å². The van der Waals surface area contributed by atoms with E-state index in [1.54, 1.807) is 18.5 Å². The SMILES string of the molecule is COc1ccc(CNC(=O)COC(=O)Cc2c(C)nc3ncnn3c2C)cc1. The monoisotopic (exact) mass is 383 g/mol. The molecule has 0 aliphatic rings. The minimum absolute atomic E-state index is 0.00618. The van der Waals surface area contributed by atoms with Crippen LogP contribution in [0.2, 0.25) is 0 Å². The lowest BCUT2D eigenvalue weighted by molar-refractivity contribution is -0.147. The lowest BCUT2D eigenvalue weighted by atomic mass is 10.1. The number of nitrogens with zero attached hydrogens (tertiary/aromatic N) is 4. The summed E-state index contributed by atoms with van der Waals surface area (Å²) in [5.74, 6) is 0.340. The van der Waals surface area contributed by atoms with Gasteiger partial charge < -0.3 is 14.8 Å². The first-order chi connectivity index (χ1) is 13.5. The molecule has 3 aromatic rings. The number of carbonyl (C=O) groups excluding carboxylic acids is 2. The quantitative estimate of drug-likeness (QED) is 0.610. The van der Waals surface area contributed by atoms with Crippen molar-refractivity contribution in [2.24, 2.45) is 0 Å². The van der Waals surface area contributed by atoms with E-state index in [1.807, 2.05) is 31.2 Å². The highest BCUT2D eigenvalue weighted by atomic mass is 16.5. The average Bonchev–Trinajstić information content (AvgIpc) is 3.16. The van der Waals surface area contributed by atoms with Crippen LogP contribution in [0, 0.1) is 13.8 Å². The summed E-state index contributed by atoms with van der Waals surface area (Å²) in [6.07, 6.45) is 1.41. The highest BCUT2D eigenvalue weighted by Gasteiger charge is 2.16. The number of rotatable bonds is 7. The lowest BCUT2D eigenvalue weighted by Crippen LogP contribution is -2.28. The van der Waals surface area contributed by atoms with Crippen LogP contribution in [-0.2, 0) is 27.3 Å². The second-order valence-electron chi connectivity index (χ2n) is 6.20. The highest BCUT2D eigenvalue weighted by molar-refractivity contribution is 5.81. The molecule has 1 N–H and O–H groups in total. The molecular weight excluding hydrogens is 362 g/mol. The number of benzene rings is 1. The Morgan fingerprint density at radius 3 is 2.64 bits per heavy atom. The van der Waals surface area contributed by atoms with Gasteiger partial charge in [0.1, 0.15) is 12.1 Å². The van der Waals surface area contributed by atoms with Gasteiger partial charge >= 0.3 is 5.97 Å². The van der Waals surface area contributed by atoms with Gasteiger partial charge in [-0.2, -0.15) is 10.1 Å². The molecule has 3 rings (SSSR count). The van der Waals surface area contributed by atoms with E-state index < -0.39 is 5.97 Å². The van der Waals surface area contributed by atoms with Crippen molar-refractivity contribution in [1.82, 2.24) is 24.9 Å². The van der Waals surface area contributed by atoms with E-state index in [9.17, 15) is 9.59 Å². The summed E-state index contributed by atoms with van der Waals surface area (Å²) in [4.78, 5) is 32.4. The zero-order valence-corrected chi connectivity index (χ0v) is 15.9. The minimum atomic E-state index is -0.507. The van der Waals surface area contributed by atoms with E-state index >= 15 is 0 Å². The summed E-state index contributed by atoms with van der Waals surface area (Å²) in [6, 6.07) is 7.33. The summed E-state index contributed by atoms with van der Waals surface area (Å²) in [7, 11) is 1.59. The third kappa shape index (κ3) is 4.43. The predicted molar refractivity (Wildman–Crippen MR) is 99.8 cm³/mol. The average molecular weight is 383 g/mol. The van der Waals surface area contributed by atoms with Gasteiger partial charge in [0.05, 0.1) is 13.5 Å². The van der Waals surface area contributed by atoms with Crippen LogP contribution in [0.5, 0.6) is 5.75 Å². The van der Waals surface area contributed by atoms with Crippen molar-refractivity contribution in [2.75, 3.05) is 13.7 Å². The number of hydrogen-bond acceptors (Lipinski definition) is 7. The summed E-state index contributed by atoms with van der Waals surface area (Å²) < 4.78 is 11.7. The first-order valence-corrected chi connectivity index (χ1v) is 8.69. The minimum Gasteiger partial charge on any atom is -0.497 e. The third-order valence-corrected chi connectivity index (χ3v) is 4.32. The van der Waals surface area contributed by atoms with Crippen LogP contribution in [-0.4, -0.2) is 45.2 Å². The molecule has 1 aromatic carbocycles. The fourth-order valence-electron chi connectivity index (χ4n) is 2.75. The van der Waals surface area contributed by atoms with Gasteiger partial charge in [-0.3, -0.25) is 9.59 Å². The number of methoxy groups -OCH3 is 1. The van der Waals surface area contributed by atoms with Gasteiger partial charge in [-0.15, -0.1) is 0 Å². The zero-order valence-electron chi connectivity index (χ0n) is 15.9. The number of fused-ring (bicyclic) bond motifs is 1. The van der Waals surface area contributed by atoms with E-state index in [0.717, 1.165) is 17.0 Å². The first-order valence-electron chi connectivity index (χ1n) is 8.69. The van der Waals surface area contributed by atoms with Crippen LogP contribution in [0.4, 0.5) is 0 Å². The Kier molecular flexibility index (Phi) is 5.83. The van der Waals surface area contributed by atoms with Crippen LogP contribution in [0.15, 0.2) is 30.6 Å². The van der Waals surface area contributed by atoms with Gasteiger partial charge in [-0.05, 0) is 31.5 Å². The fourth-order valence-corrected chi connectivity index (χ4v) is 2.75. The van der Waals surface area contributed by atoms with Crippen LogP contribution >= 0.6 is 0 Å². The third-order valence-electron chi connectivity index (χ3n) is 4.32. The molecule has 9 nitrogen and oxygen atoms in total. The van der Waals surface area contributed by atoms with Gasteiger partial charge in [0.25, 0.3) is 11.7 Å². The van der Waals surface area contributed by atoms with E-state index in [0.29, 0.717) is 23.6 Å². The van der Waals surface area contributed by atoms with Crippen LogP contribution in [0.1, 0.15) is 22.5 Å². The molecule has 0 spiro atoms. The number of esters is 1. The number of carbonyl (C=O) groups is 2. The van der Waals surface area contributed by atoms with Gasteiger partial charge in [0.2, 0.25) is 0 Å². The molecule has 0 atom stereocenters. The van der Waals surface area contributed by atoms with Crippen molar-refractivity contribution in [3.8, 4) is 5.75 Å². The second kappa shape index (κ2) is 8.47. The van der Waals surface area contributed by atoms with Crippen LogP contribution in [0.25, 0.3) is 5.78 Å². The molecule has 2 aromatic heterocycles. The van der Waals surface area contributed by atoms with Gasteiger partial charge in [-0.25, -0.2) is 9.50 Å². The molecule has 28 heavy (non-hydrogen) atoms. The Bertz CT molecular complexity index is 997. The lowest BCUT2D eigenvalue weighted by Gasteiger charge is -2.10. The van der Waals surface area contributed by atoms with Crippen LogP contribution in [0.3, 0.4) is 0 Å². The Labute approximate surface area is 161 Å². The molecule has 0 aliphatic carbocycles. The van der Waals surface area contributed by atoms with Crippen molar-refractivity contribution in [3.63, 3.8) is 0 Å². The number of amides is 1. The Hall–Kier alpha value is -3.49. The molecule has 0 unspecified atom stereocenters.